The van der Waals surface area contributed by atoms with E-state index < -0.39 is 0 Å². The van der Waals surface area contributed by atoms with Gasteiger partial charge in [-0.3, -0.25) is 4.98 Å². The highest BCUT2D eigenvalue weighted by atomic mass is 14.7. The maximum atomic E-state index is 4.58. The highest BCUT2D eigenvalue weighted by Crippen LogP contribution is 2.20. The van der Waals surface area contributed by atoms with Gasteiger partial charge in [-0.25, -0.2) is 0 Å². The SMILES string of the molecule is CCCCCCc1cc(C)nc2ccccc12. The Morgan fingerprint density at radius 3 is 2.71 bits per heavy atom. The highest BCUT2D eigenvalue weighted by molar-refractivity contribution is 5.82. The molecule has 2 rings (SSSR count). The Morgan fingerprint density at radius 1 is 1.06 bits per heavy atom. The van der Waals surface area contributed by atoms with E-state index in [0.29, 0.717) is 0 Å². The molecule has 0 spiro atoms. The molecule has 0 bridgehead atoms. The number of benzene rings is 1. The summed E-state index contributed by atoms with van der Waals surface area (Å²) in [5.74, 6) is 0. The van der Waals surface area contributed by atoms with Crippen LogP contribution in [0.15, 0.2) is 30.3 Å². The van der Waals surface area contributed by atoms with Crippen LogP contribution in [0.4, 0.5) is 0 Å². The van der Waals surface area contributed by atoms with Crippen molar-refractivity contribution in [1.29, 1.82) is 0 Å². The lowest BCUT2D eigenvalue weighted by atomic mass is 10.0. The van der Waals surface area contributed by atoms with Crippen LogP contribution in [0.25, 0.3) is 10.9 Å². The fourth-order valence-corrected chi connectivity index (χ4v) is 2.34. The van der Waals surface area contributed by atoms with E-state index in [1.54, 1.807) is 0 Å². The van der Waals surface area contributed by atoms with Crippen molar-refractivity contribution in [3.63, 3.8) is 0 Å². The first-order valence-corrected chi connectivity index (χ1v) is 6.66. The van der Waals surface area contributed by atoms with Gasteiger partial charge in [-0.2, -0.15) is 0 Å². The molecule has 0 aliphatic heterocycles. The van der Waals surface area contributed by atoms with Crippen LogP contribution in [0.1, 0.15) is 43.9 Å². The number of fused-ring (bicyclic) bond motifs is 1. The van der Waals surface area contributed by atoms with E-state index in [0.717, 1.165) is 11.2 Å². The molecule has 0 unspecified atom stereocenters. The van der Waals surface area contributed by atoms with Crippen molar-refractivity contribution in [3.8, 4) is 0 Å². The second-order valence-electron chi connectivity index (χ2n) is 4.75. The molecule has 0 amide bonds. The van der Waals surface area contributed by atoms with E-state index in [1.165, 1.54) is 43.1 Å². The molecule has 1 heterocycles. The van der Waals surface area contributed by atoms with Crippen LogP contribution in [-0.4, -0.2) is 4.98 Å². The summed E-state index contributed by atoms with van der Waals surface area (Å²) in [6.45, 7) is 4.34. The molecule has 0 aliphatic rings. The molecule has 1 nitrogen and oxygen atoms in total. The number of para-hydroxylation sites is 1. The van der Waals surface area contributed by atoms with Crippen molar-refractivity contribution < 1.29 is 0 Å². The quantitative estimate of drug-likeness (QED) is 0.677. The number of unbranched alkanes of at least 4 members (excludes halogenated alkanes) is 3. The Bertz CT molecular complexity index is 488. The third kappa shape index (κ3) is 3.06. The van der Waals surface area contributed by atoms with Crippen LogP contribution in [0, 0.1) is 6.92 Å². The van der Waals surface area contributed by atoms with E-state index in [9.17, 15) is 0 Å². The van der Waals surface area contributed by atoms with Gasteiger partial charge in [0.15, 0.2) is 0 Å². The first kappa shape index (κ1) is 12.1. The summed E-state index contributed by atoms with van der Waals surface area (Å²) in [6.07, 6.45) is 6.47. The lowest BCUT2D eigenvalue weighted by molar-refractivity contribution is 0.668. The Kier molecular flexibility index (Phi) is 4.13. The lowest BCUT2D eigenvalue weighted by Gasteiger charge is -2.07. The van der Waals surface area contributed by atoms with Crippen LogP contribution in [0.3, 0.4) is 0 Å². The van der Waals surface area contributed by atoms with Gasteiger partial charge < -0.3 is 0 Å². The van der Waals surface area contributed by atoms with Gasteiger partial charge in [0.25, 0.3) is 0 Å². The van der Waals surface area contributed by atoms with E-state index in [2.05, 4.69) is 49.2 Å². The van der Waals surface area contributed by atoms with Crippen LogP contribution in [-0.2, 0) is 6.42 Å². The average Bonchev–Trinajstić information content (AvgIpc) is 2.34. The molecular weight excluding hydrogens is 206 g/mol. The van der Waals surface area contributed by atoms with Crippen LogP contribution in [0.2, 0.25) is 0 Å². The van der Waals surface area contributed by atoms with E-state index >= 15 is 0 Å². The lowest BCUT2D eigenvalue weighted by Crippen LogP contribution is -1.92. The Balaban J connectivity index is 2.20. The molecule has 0 atom stereocenters. The molecule has 0 saturated carbocycles. The molecule has 0 radical (unpaired) electrons. The summed E-state index contributed by atoms with van der Waals surface area (Å²) in [4.78, 5) is 4.58. The molecule has 1 aromatic carbocycles. The molecule has 0 N–H and O–H groups in total. The zero-order valence-corrected chi connectivity index (χ0v) is 10.9. The summed E-state index contributed by atoms with van der Waals surface area (Å²) in [7, 11) is 0. The van der Waals surface area contributed by atoms with Gasteiger partial charge >= 0.3 is 0 Å². The fourth-order valence-electron chi connectivity index (χ4n) is 2.34. The molecule has 0 fully saturated rings. The number of hydrogen-bond acceptors (Lipinski definition) is 1. The van der Waals surface area contributed by atoms with Gasteiger partial charge in [0, 0.05) is 11.1 Å². The predicted octanol–water partition coefficient (Wildman–Crippen LogP) is 4.67. The smallest absolute Gasteiger partial charge is 0.0707 e. The minimum atomic E-state index is 1.13. The van der Waals surface area contributed by atoms with Gasteiger partial charge in [-0.05, 0) is 37.5 Å². The van der Waals surface area contributed by atoms with Gasteiger partial charge in [-0.1, -0.05) is 44.4 Å². The van der Waals surface area contributed by atoms with Crippen molar-refractivity contribution in [2.75, 3.05) is 0 Å². The fraction of sp³-hybridized carbons (Fsp3) is 0.438. The maximum Gasteiger partial charge on any atom is 0.0707 e. The van der Waals surface area contributed by atoms with Crippen LogP contribution >= 0.6 is 0 Å². The maximum absolute atomic E-state index is 4.58. The number of rotatable bonds is 5. The Hall–Kier alpha value is -1.37. The van der Waals surface area contributed by atoms with Crippen molar-refractivity contribution in [1.82, 2.24) is 4.98 Å². The van der Waals surface area contributed by atoms with E-state index in [1.807, 2.05) is 0 Å². The summed E-state index contributed by atoms with van der Waals surface area (Å²) in [5.41, 5.74) is 3.73. The molecule has 2 aromatic rings. The first-order chi connectivity index (χ1) is 8.31. The van der Waals surface area contributed by atoms with Crippen molar-refractivity contribution in [2.24, 2.45) is 0 Å². The molecule has 90 valence electrons. The minimum Gasteiger partial charge on any atom is -0.253 e. The summed E-state index contributed by atoms with van der Waals surface area (Å²) < 4.78 is 0. The highest BCUT2D eigenvalue weighted by Gasteiger charge is 2.03. The zero-order chi connectivity index (χ0) is 12.1. The molecule has 1 aromatic heterocycles. The van der Waals surface area contributed by atoms with Gasteiger partial charge in [-0.15, -0.1) is 0 Å². The number of hydrogen-bond donors (Lipinski definition) is 0. The largest absolute Gasteiger partial charge is 0.253 e. The standard InChI is InChI=1S/C16H21N/c1-3-4-5-6-9-14-12-13(2)17-16-11-8-7-10-15(14)16/h7-8,10-12H,3-6,9H2,1-2H3. The third-order valence-corrected chi connectivity index (χ3v) is 3.23. The van der Waals surface area contributed by atoms with Gasteiger partial charge in [0.2, 0.25) is 0 Å². The second kappa shape index (κ2) is 5.81. The van der Waals surface area contributed by atoms with E-state index in [-0.39, 0.29) is 0 Å². The number of aromatic nitrogens is 1. The van der Waals surface area contributed by atoms with Gasteiger partial charge in [0.1, 0.15) is 0 Å². The number of nitrogens with zero attached hydrogens (tertiary/aromatic N) is 1. The van der Waals surface area contributed by atoms with Crippen molar-refractivity contribution in [2.45, 2.75) is 46.0 Å². The first-order valence-electron chi connectivity index (χ1n) is 6.66. The van der Waals surface area contributed by atoms with E-state index in [4.69, 9.17) is 0 Å². The third-order valence-electron chi connectivity index (χ3n) is 3.23. The topological polar surface area (TPSA) is 12.9 Å². The summed E-state index contributed by atoms with van der Waals surface area (Å²) in [5, 5.41) is 1.33. The molecule has 17 heavy (non-hydrogen) atoms. The summed E-state index contributed by atoms with van der Waals surface area (Å²) >= 11 is 0. The molecule has 0 saturated heterocycles. The van der Waals surface area contributed by atoms with Crippen LogP contribution < -0.4 is 0 Å². The minimum absolute atomic E-state index is 1.13. The monoisotopic (exact) mass is 227 g/mol. The second-order valence-corrected chi connectivity index (χ2v) is 4.75. The van der Waals surface area contributed by atoms with Crippen molar-refractivity contribution in [3.05, 3.63) is 41.6 Å². The zero-order valence-electron chi connectivity index (χ0n) is 10.9. The van der Waals surface area contributed by atoms with Crippen molar-refractivity contribution >= 4 is 10.9 Å². The molecular formula is C16H21N. The number of pyridine rings is 1. The summed E-state index contributed by atoms with van der Waals surface area (Å²) in [6, 6.07) is 10.7. The normalized spacial score (nSPS) is 10.9. The molecule has 0 aliphatic carbocycles. The average molecular weight is 227 g/mol. The number of aryl methyl sites for hydroxylation is 2. The predicted molar refractivity (Wildman–Crippen MR) is 74.3 cm³/mol. The van der Waals surface area contributed by atoms with Gasteiger partial charge in [0.05, 0.1) is 5.52 Å². The molecule has 1 heteroatoms. The Morgan fingerprint density at radius 2 is 1.88 bits per heavy atom. The van der Waals surface area contributed by atoms with Crippen LogP contribution in [0.5, 0.6) is 0 Å². The Labute approximate surface area is 104 Å².